The second-order valence-corrected chi connectivity index (χ2v) is 8.04. The molecular weight excluding hydrogens is 344 g/mol. The Hall–Kier alpha value is -0.200. The van der Waals surface area contributed by atoms with Gasteiger partial charge in [0.15, 0.2) is 0 Å². The van der Waals surface area contributed by atoms with Crippen LogP contribution in [0, 0.1) is 0 Å². The molecule has 0 saturated carbocycles. The van der Waals surface area contributed by atoms with Crippen LogP contribution in [0.2, 0.25) is 0 Å². The lowest BCUT2D eigenvalue weighted by atomic mass is 10.0. The SMILES string of the molecule is CCCCCCCCCCCCCCCCO[C@H](CO)[C@@H]1OC[C@H](O)[C@@H]1O. The van der Waals surface area contributed by atoms with Crippen LogP contribution in [0.5, 0.6) is 0 Å². The van der Waals surface area contributed by atoms with Gasteiger partial charge in [-0.25, -0.2) is 0 Å². The van der Waals surface area contributed by atoms with E-state index in [1.807, 2.05) is 0 Å². The highest BCUT2D eigenvalue weighted by atomic mass is 16.6. The van der Waals surface area contributed by atoms with Crippen LogP contribution in [-0.4, -0.2) is 59.6 Å². The number of aliphatic hydroxyl groups excluding tert-OH is 3. The summed E-state index contributed by atoms with van der Waals surface area (Å²) in [7, 11) is 0. The molecule has 0 aromatic carbocycles. The van der Waals surface area contributed by atoms with Gasteiger partial charge in [0, 0.05) is 6.61 Å². The van der Waals surface area contributed by atoms with Gasteiger partial charge >= 0.3 is 0 Å². The van der Waals surface area contributed by atoms with Gasteiger partial charge in [-0.1, -0.05) is 90.4 Å². The number of hydrogen-bond donors (Lipinski definition) is 3. The molecule has 1 fully saturated rings. The molecule has 1 aliphatic rings. The van der Waals surface area contributed by atoms with Crippen LogP contribution in [0.4, 0.5) is 0 Å². The van der Waals surface area contributed by atoms with Crippen molar-refractivity contribution in [2.45, 2.75) is 121 Å². The maximum Gasteiger partial charge on any atom is 0.114 e. The van der Waals surface area contributed by atoms with E-state index in [4.69, 9.17) is 9.47 Å². The Labute approximate surface area is 166 Å². The fraction of sp³-hybridized carbons (Fsp3) is 1.00. The Morgan fingerprint density at radius 1 is 0.815 bits per heavy atom. The summed E-state index contributed by atoms with van der Waals surface area (Å²) in [6, 6.07) is 0. The van der Waals surface area contributed by atoms with E-state index in [-0.39, 0.29) is 13.2 Å². The maximum atomic E-state index is 9.82. The molecule has 27 heavy (non-hydrogen) atoms. The van der Waals surface area contributed by atoms with Gasteiger partial charge in [0.05, 0.1) is 13.2 Å². The van der Waals surface area contributed by atoms with Gasteiger partial charge in [0.1, 0.15) is 24.4 Å². The predicted molar refractivity (Wildman–Crippen MR) is 109 cm³/mol. The summed E-state index contributed by atoms with van der Waals surface area (Å²) in [5.74, 6) is 0. The quantitative estimate of drug-likeness (QED) is 0.310. The van der Waals surface area contributed by atoms with Gasteiger partial charge < -0.3 is 24.8 Å². The van der Waals surface area contributed by atoms with Crippen molar-refractivity contribution in [3.05, 3.63) is 0 Å². The highest BCUT2D eigenvalue weighted by molar-refractivity contribution is 4.88. The van der Waals surface area contributed by atoms with Gasteiger partial charge in [-0.2, -0.15) is 0 Å². The summed E-state index contributed by atoms with van der Waals surface area (Å²) in [4.78, 5) is 0. The Balaban J connectivity index is 1.85. The van der Waals surface area contributed by atoms with Crippen LogP contribution in [-0.2, 0) is 9.47 Å². The van der Waals surface area contributed by atoms with Crippen molar-refractivity contribution < 1.29 is 24.8 Å². The molecule has 0 aromatic rings. The monoisotopic (exact) mass is 388 g/mol. The maximum absolute atomic E-state index is 9.82. The van der Waals surface area contributed by atoms with Crippen LogP contribution in [0.1, 0.15) is 96.8 Å². The van der Waals surface area contributed by atoms with Crippen LogP contribution < -0.4 is 0 Å². The van der Waals surface area contributed by atoms with Gasteiger partial charge in [-0.15, -0.1) is 0 Å². The lowest BCUT2D eigenvalue weighted by molar-refractivity contribution is -0.101. The lowest BCUT2D eigenvalue weighted by Gasteiger charge is -2.24. The minimum Gasteiger partial charge on any atom is -0.394 e. The molecule has 0 amide bonds. The molecule has 0 spiro atoms. The Bertz CT molecular complexity index is 326. The highest BCUT2D eigenvalue weighted by Gasteiger charge is 2.40. The third kappa shape index (κ3) is 11.4. The van der Waals surface area contributed by atoms with Crippen LogP contribution in [0.3, 0.4) is 0 Å². The molecule has 5 nitrogen and oxygen atoms in total. The second-order valence-electron chi connectivity index (χ2n) is 8.04. The molecule has 162 valence electrons. The number of ether oxygens (including phenoxy) is 2. The number of unbranched alkanes of at least 4 members (excludes halogenated alkanes) is 13. The van der Waals surface area contributed by atoms with Gasteiger partial charge in [-0.05, 0) is 6.42 Å². The smallest absolute Gasteiger partial charge is 0.114 e. The zero-order valence-corrected chi connectivity index (χ0v) is 17.5. The molecule has 0 radical (unpaired) electrons. The molecule has 3 N–H and O–H groups in total. The van der Waals surface area contributed by atoms with E-state index in [1.54, 1.807) is 0 Å². The molecule has 0 bridgehead atoms. The minimum absolute atomic E-state index is 0.102. The average Bonchev–Trinajstić information content (AvgIpc) is 3.00. The molecule has 1 rings (SSSR count). The van der Waals surface area contributed by atoms with Crippen molar-refractivity contribution in [3.8, 4) is 0 Å². The lowest BCUT2D eigenvalue weighted by Crippen LogP contribution is -2.42. The fourth-order valence-electron chi connectivity index (χ4n) is 3.74. The summed E-state index contributed by atoms with van der Waals surface area (Å²) in [6.07, 6.45) is 15.4. The Kier molecular flexibility index (Phi) is 15.4. The number of aliphatic hydroxyl groups is 3. The van der Waals surface area contributed by atoms with Crippen molar-refractivity contribution >= 4 is 0 Å². The van der Waals surface area contributed by atoms with E-state index < -0.39 is 24.4 Å². The summed E-state index contributed by atoms with van der Waals surface area (Å²) in [6.45, 7) is 2.73. The van der Waals surface area contributed by atoms with Gasteiger partial charge in [0.2, 0.25) is 0 Å². The standard InChI is InChI=1S/C22H44O5/c1-2-3-4-5-6-7-8-9-10-11-12-13-14-15-16-26-20(17-23)22-21(25)19(24)18-27-22/h19-25H,2-18H2,1H3/t19-,20+,21-,22-/m0/s1. The summed E-state index contributed by atoms with van der Waals surface area (Å²) in [5, 5.41) is 28.7. The molecule has 4 atom stereocenters. The Morgan fingerprint density at radius 2 is 1.30 bits per heavy atom. The highest BCUT2D eigenvalue weighted by Crippen LogP contribution is 2.20. The molecule has 0 aliphatic carbocycles. The molecule has 1 saturated heterocycles. The van der Waals surface area contributed by atoms with E-state index >= 15 is 0 Å². The topological polar surface area (TPSA) is 79.2 Å². The normalized spacial score (nSPS) is 23.8. The number of rotatable bonds is 18. The Morgan fingerprint density at radius 3 is 1.70 bits per heavy atom. The summed E-state index contributed by atoms with van der Waals surface area (Å²) in [5.41, 5.74) is 0. The van der Waals surface area contributed by atoms with E-state index in [0.717, 1.165) is 12.8 Å². The third-order valence-electron chi connectivity index (χ3n) is 5.57. The fourth-order valence-corrected chi connectivity index (χ4v) is 3.74. The van der Waals surface area contributed by atoms with Gasteiger partial charge in [0.25, 0.3) is 0 Å². The largest absolute Gasteiger partial charge is 0.394 e. The second kappa shape index (κ2) is 16.7. The molecule has 1 heterocycles. The van der Waals surface area contributed by atoms with E-state index in [1.165, 1.54) is 77.0 Å². The van der Waals surface area contributed by atoms with Crippen molar-refractivity contribution in [1.29, 1.82) is 0 Å². The van der Waals surface area contributed by atoms with Crippen molar-refractivity contribution in [3.63, 3.8) is 0 Å². The van der Waals surface area contributed by atoms with Crippen molar-refractivity contribution in [1.82, 2.24) is 0 Å². The molecule has 0 aromatic heterocycles. The first-order valence-corrected chi connectivity index (χ1v) is 11.4. The van der Waals surface area contributed by atoms with Gasteiger partial charge in [-0.3, -0.25) is 0 Å². The molecular formula is C22H44O5. The number of hydrogen-bond acceptors (Lipinski definition) is 5. The first kappa shape index (κ1) is 24.8. The van der Waals surface area contributed by atoms with E-state index in [9.17, 15) is 15.3 Å². The predicted octanol–water partition coefficient (Wildman–Crippen LogP) is 3.97. The summed E-state index contributed by atoms with van der Waals surface area (Å²) < 4.78 is 11.0. The zero-order chi connectivity index (χ0) is 19.7. The third-order valence-corrected chi connectivity index (χ3v) is 5.57. The van der Waals surface area contributed by atoms with E-state index in [0.29, 0.717) is 6.61 Å². The molecule has 5 heteroatoms. The first-order chi connectivity index (χ1) is 13.2. The van der Waals surface area contributed by atoms with E-state index in [2.05, 4.69) is 6.92 Å². The minimum atomic E-state index is -0.974. The van der Waals surface area contributed by atoms with Crippen LogP contribution in [0.15, 0.2) is 0 Å². The van der Waals surface area contributed by atoms with Crippen molar-refractivity contribution in [2.75, 3.05) is 19.8 Å². The van der Waals surface area contributed by atoms with Crippen LogP contribution >= 0.6 is 0 Å². The molecule has 1 aliphatic heterocycles. The van der Waals surface area contributed by atoms with Crippen LogP contribution in [0.25, 0.3) is 0 Å². The zero-order valence-electron chi connectivity index (χ0n) is 17.5. The summed E-state index contributed by atoms with van der Waals surface area (Å²) >= 11 is 0. The first-order valence-electron chi connectivity index (χ1n) is 11.4. The molecule has 0 unspecified atom stereocenters. The average molecular weight is 389 g/mol. The van der Waals surface area contributed by atoms with Crippen molar-refractivity contribution in [2.24, 2.45) is 0 Å².